The van der Waals surface area contributed by atoms with Crippen LogP contribution in [-0.4, -0.2) is 45.1 Å². The Bertz CT molecular complexity index is 325. The maximum absolute atomic E-state index is 5.11. The van der Waals surface area contributed by atoms with E-state index >= 15 is 0 Å². The molecular weight excluding hydrogens is 250 g/mol. The van der Waals surface area contributed by atoms with Gasteiger partial charge in [-0.15, -0.1) is 11.3 Å². The van der Waals surface area contributed by atoms with E-state index in [9.17, 15) is 0 Å². The molecule has 0 radical (unpaired) electrons. The maximum atomic E-state index is 5.11. The topological polar surface area (TPSA) is 46.6 Å². The van der Waals surface area contributed by atoms with Crippen LogP contribution in [0.3, 0.4) is 0 Å². The Labute approximate surface area is 113 Å². The molecule has 1 aromatic heterocycles. The number of methoxy groups -OCH3 is 2. The van der Waals surface area contributed by atoms with Crippen LogP contribution in [0.25, 0.3) is 0 Å². The third-order valence-corrected chi connectivity index (χ3v) is 3.77. The van der Waals surface area contributed by atoms with E-state index in [-0.39, 0.29) is 6.29 Å². The van der Waals surface area contributed by atoms with Gasteiger partial charge in [0.1, 0.15) is 0 Å². The van der Waals surface area contributed by atoms with Crippen molar-refractivity contribution in [3.63, 3.8) is 0 Å². The summed E-state index contributed by atoms with van der Waals surface area (Å²) in [6.45, 7) is 7.74. The fourth-order valence-electron chi connectivity index (χ4n) is 1.60. The second kappa shape index (κ2) is 8.42. The number of rotatable bonds is 9. The second-order valence-electron chi connectivity index (χ2n) is 3.81. The average molecular weight is 273 g/mol. The summed E-state index contributed by atoms with van der Waals surface area (Å²) in [6, 6.07) is 0. The first-order valence-electron chi connectivity index (χ1n) is 6.21. The molecule has 0 atom stereocenters. The van der Waals surface area contributed by atoms with Gasteiger partial charge in [0.25, 0.3) is 0 Å². The fourth-order valence-corrected chi connectivity index (χ4v) is 2.60. The molecule has 1 N–H and O–H groups in total. The molecule has 5 nitrogen and oxygen atoms in total. The molecule has 0 bridgehead atoms. The Hall–Kier alpha value is -0.690. The molecule has 0 unspecified atom stereocenters. The van der Waals surface area contributed by atoms with Crippen molar-refractivity contribution in [3.8, 4) is 0 Å². The first kappa shape index (κ1) is 15.4. The lowest BCUT2D eigenvalue weighted by atomic mass is 10.5. The largest absolute Gasteiger partial charge is 0.355 e. The molecule has 0 aliphatic carbocycles. The van der Waals surface area contributed by atoms with Crippen LogP contribution in [0.1, 0.15) is 18.7 Å². The molecular formula is C12H23N3O2S. The van der Waals surface area contributed by atoms with Gasteiger partial charge in [-0.05, 0) is 13.8 Å². The van der Waals surface area contributed by atoms with Gasteiger partial charge in [0, 0.05) is 51.5 Å². The van der Waals surface area contributed by atoms with E-state index < -0.39 is 0 Å². The van der Waals surface area contributed by atoms with Crippen LogP contribution in [0.15, 0.2) is 6.20 Å². The molecule has 0 amide bonds. The van der Waals surface area contributed by atoms with Gasteiger partial charge < -0.3 is 19.7 Å². The highest BCUT2D eigenvalue weighted by atomic mass is 32.1. The summed E-state index contributed by atoms with van der Waals surface area (Å²) in [5, 5.41) is 4.38. The van der Waals surface area contributed by atoms with Gasteiger partial charge in [-0.2, -0.15) is 0 Å². The van der Waals surface area contributed by atoms with Crippen LogP contribution in [0, 0.1) is 0 Å². The third kappa shape index (κ3) is 4.53. The minimum Gasteiger partial charge on any atom is -0.355 e. The number of hydrogen-bond acceptors (Lipinski definition) is 6. The summed E-state index contributed by atoms with van der Waals surface area (Å²) < 4.78 is 10.2. The van der Waals surface area contributed by atoms with Crippen LogP contribution < -0.4 is 10.2 Å². The minimum atomic E-state index is -0.194. The van der Waals surface area contributed by atoms with E-state index in [2.05, 4.69) is 29.0 Å². The lowest BCUT2D eigenvalue weighted by Gasteiger charge is -2.16. The summed E-state index contributed by atoms with van der Waals surface area (Å²) in [4.78, 5) is 7.91. The highest BCUT2D eigenvalue weighted by Gasteiger charge is 2.08. The molecule has 1 rings (SSSR count). The highest BCUT2D eigenvalue weighted by molar-refractivity contribution is 7.15. The van der Waals surface area contributed by atoms with Gasteiger partial charge in [-0.25, -0.2) is 4.98 Å². The second-order valence-corrected chi connectivity index (χ2v) is 4.91. The molecule has 0 aliphatic rings. The van der Waals surface area contributed by atoms with Crippen molar-refractivity contribution in [1.29, 1.82) is 0 Å². The summed E-state index contributed by atoms with van der Waals surface area (Å²) in [5.74, 6) is 0. The standard InChI is InChI=1S/C12H23N3O2S/c1-5-15(6-2)12-14-8-10(18-12)7-13-9-11(16-3)17-4/h8,11,13H,5-7,9H2,1-4H3. The summed E-state index contributed by atoms with van der Waals surface area (Å²) in [6.07, 6.45) is 1.74. The number of nitrogens with zero attached hydrogens (tertiary/aromatic N) is 2. The van der Waals surface area contributed by atoms with Crippen molar-refractivity contribution in [2.45, 2.75) is 26.7 Å². The van der Waals surface area contributed by atoms with Gasteiger partial charge in [0.15, 0.2) is 11.4 Å². The first-order valence-corrected chi connectivity index (χ1v) is 7.02. The Morgan fingerprint density at radius 3 is 2.56 bits per heavy atom. The summed E-state index contributed by atoms with van der Waals surface area (Å²) in [5.41, 5.74) is 0. The Morgan fingerprint density at radius 2 is 2.00 bits per heavy atom. The summed E-state index contributed by atoms with van der Waals surface area (Å²) in [7, 11) is 3.28. The van der Waals surface area contributed by atoms with Crippen molar-refractivity contribution < 1.29 is 9.47 Å². The van der Waals surface area contributed by atoms with E-state index in [0.29, 0.717) is 6.54 Å². The van der Waals surface area contributed by atoms with Crippen molar-refractivity contribution >= 4 is 16.5 Å². The first-order chi connectivity index (χ1) is 8.74. The Morgan fingerprint density at radius 1 is 1.33 bits per heavy atom. The zero-order valence-electron chi connectivity index (χ0n) is 11.6. The molecule has 0 aromatic carbocycles. The van der Waals surface area contributed by atoms with Crippen LogP contribution in [0.4, 0.5) is 5.13 Å². The number of thiazole rings is 1. The molecule has 0 saturated heterocycles. The number of hydrogen-bond donors (Lipinski definition) is 1. The highest BCUT2D eigenvalue weighted by Crippen LogP contribution is 2.21. The van der Waals surface area contributed by atoms with E-state index in [0.717, 1.165) is 24.8 Å². The number of ether oxygens (including phenoxy) is 2. The Balaban J connectivity index is 2.39. The van der Waals surface area contributed by atoms with Gasteiger partial charge in [-0.1, -0.05) is 0 Å². The monoisotopic (exact) mass is 273 g/mol. The molecule has 0 saturated carbocycles. The van der Waals surface area contributed by atoms with Crippen LogP contribution in [0.5, 0.6) is 0 Å². The van der Waals surface area contributed by atoms with E-state index in [1.54, 1.807) is 25.6 Å². The van der Waals surface area contributed by atoms with Gasteiger partial charge >= 0.3 is 0 Å². The van der Waals surface area contributed by atoms with Gasteiger partial charge in [-0.3, -0.25) is 0 Å². The SMILES string of the molecule is CCN(CC)c1ncc(CNCC(OC)OC)s1. The molecule has 0 fully saturated rings. The molecule has 0 aliphatic heterocycles. The number of anilines is 1. The number of nitrogens with one attached hydrogen (secondary N) is 1. The lowest BCUT2D eigenvalue weighted by molar-refractivity contribution is -0.0988. The van der Waals surface area contributed by atoms with E-state index in [1.165, 1.54) is 4.88 Å². The summed E-state index contributed by atoms with van der Waals surface area (Å²) >= 11 is 1.73. The van der Waals surface area contributed by atoms with E-state index in [1.807, 2.05) is 6.20 Å². The van der Waals surface area contributed by atoms with Crippen molar-refractivity contribution in [1.82, 2.24) is 10.3 Å². The van der Waals surface area contributed by atoms with Crippen LogP contribution >= 0.6 is 11.3 Å². The maximum Gasteiger partial charge on any atom is 0.185 e. The lowest BCUT2D eigenvalue weighted by Crippen LogP contribution is -2.29. The quantitative estimate of drug-likeness (QED) is 0.694. The van der Waals surface area contributed by atoms with Crippen LogP contribution in [0.2, 0.25) is 0 Å². The molecule has 1 heterocycles. The molecule has 0 spiro atoms. The normalized spacial score (nSPS) is 11.2. The predicted octanol–water partition coefficient (Wildman–Crippen LogP) is 1.70. The van der Waals surface area contributed by atoms with Crippen LogP contribution in [-0.2, 0) is 16.0 Å². The number of aromatic nitrogens is 1. The smallest absolute Gasteiger partial charge is 0.185 e. The molecule has 104 valence electrons. The van der Waals surface area contributed by atoms with Gasteiger partial charge in [0.2, 0.25) is 0 Å². The van der Waals surface area contributed by atoms with E-state index in [4.69, 9.17) is 9.47 Å². The minimum absolute atomic E-state index is 0.194. The van der Waals surface area contributed by atoms with Crippen molar-refractivity contribution in [3.05, 3.63) is 11.1 Å². The Kier molecular flexibility index (Phi) is 7.19. The molecule has 1 aromatic rings. The predicted molar refractivity (Wildman–Crippen MR) is 75.2 cm³/mol. The zero-order chi connectivity index (χ0) is 13.4. The molecule has 18 heavy (non-hydrogen) atoms. The zero-order valence-corrected chi connectivity index (χ0v) is 12.4. The average Bonchev–Trinajstić information content (AvgIpc) is 2.85. The molecule has 6 heteroatoms. The third-order valence-electron chi connectivity index (χ3n) is 2.71. The fraction of sp³-hybridized carbons (Fsp3) is 0.750. The van der Waals surface area contributed by atoms with Gasteiger partial charge in [0.05, 0.1) is 0 Å². The van der Waals surface area contributed by atoms with Crippen molar-refractivity contribution in [2.24, 2.45) is 0 Å². The van der Waals surface area contributed by atoms with Crippen molar-refractivity contribution in [2.75, 3.05) is 38.8 Å².